The number of nitrogens with one attached hydrogen (secondary N) is 1. The van der Waals surface area contributed by atoms with Gasteiger partial charge in [-0.15, -0.1) is 0 Å². The molecule has 0 spiro atoms. The lowest BCUT2D eigenvalue weighted by atomic mass is 10.1. The van der Waals surface area contributed by atoms with E-state index in [9.17, 15) is 0 Å². The predicted octanol–water partition coefficient (Wildman–Crippen LogP) is 2.13. The molecule has 0 aliphatic carbocycles. The fourth-order valence-electron chi connectivity index (χ4n) is 1.88. The van der Waals surface area contributed by atoms with Gasteiger partial charge in [0.15, 0.2) is 11.5 Å². The molecule has 1 unspecified atom stereocenters. The van der Waals surface area contributed by atoms with Crippen LogP contribution in [0.3, 0.4) is 0 Å². The van der Waals surface area contributed by atoms with Gasteiger partial charge in [-0.1, -0.05) is 15.9 Å². The Kier molecular flexibility index (Phi) is 4.25. The average molecular weight is 302 g/mol. The number of hydrogen-bond donors (Lipinski definition) is 1. The van der Waals surface area contributed by atoms with Crippen molar-refractivity contribution in [1.82, 2.24) is 5.32 Å². The zero-order chi connectivity index (χ0) is 12.3. The Morgan fingerprint density at radius 3 is 2.59 bits per heavy atom. The number of morpholine rings is 1. The van der Waals surface area contributed by atoms with Gasteiger partial charge in [0.05, 0.1) is 26.9 Å². The molecule has 4 nitrogen and oxygen atoms in total. The second kappa shape index (κ2) is 5.71. The Balaban J connectivity index is 2.32. The predicted molar refractivity (Wildman–Crippen MR) is 68.8 cm³/mol. The number of hydrogen-bond acceptors (Lipinski definition) is 4. The first kappa shape index (κ1) is 12.7. The van der Waals surface area contributed by atoms with E-state index in [0.717, 1.165) is 35.5 Å². The third kappa shape index (κ3) is 2.73. The van der Waals surface area contributed by atoms with Gasteiger partial charge in [-0.3, -0.25) is 0 Å². The van der Waals surface area contributed by atoms with Gasteiger partial charge in [0.25, 0.3) is 0 Å². The van der Waals surface area contributed by atoms with E-state index in [1.165, 1.54) is 0 Å². The van der Waals surface area contributed by atoms with Gasteiger partial charge in [0.1, 0.15) is 0 Å². The largest absolute Gasteiger partial charge is 0.493 e. The van der Waals surface area contributed by atoms with Crippen LogP contribution < -0.4 is 14.8 Å². The SMILES string of the molecule is COc1cc(Br)c(C2CNCCO2)cc1OC. The summed E-state index contributed by atoms with van der Waals surface area (Å²) in [6.45, 7) is 2.45. The molecule has 2 rings (SSSR count). The second-order valence-electron chi connectivity index (χ2n) is 3.79. The molecule has 1 atom stereocenters. The van der Waals surface area contributed by atoms with E-state index in [4.69, 9.17) is 14.2 Å². The summed E-state index contributed by atoms with van der Waals surface area (Å²) in [5, 5.41) is 3.31. The smallest absolute Gasteiger partial charge is 0.161 e. The number of rotatable bonds is 3. The normalized spacial score (nSPS) is 20.1. The van der Waals surface area contributed by atoms with Crippen molar-refractivity contribution >= 4 is 15.9 Å². The Morgan fingerprint density at radius 1 is 1.29 bits per heavy atom. The average Bonchev–Trinajstić information content (AvgIpc) is 2.39. The monoisotopic (exact) mass is 301 g/mol. The van der Waals surface area contributed by atoms with Crippen LogP contribution in [0.2, 0.25) is 0 Å². The van der Waals surface area contributed by atoms with Gasteiger partial charge in [-0.05, 0) is 12.1 Å². The van der Waals surface area contributed by atoms with Crippen molar-refractivity contribution in [3.63, 3.8) is 0 Å². The van der Waals surface area contributed by atoms with Crippen molar-refractivity contribution in [3.05, 3.63) is 22.2 Å². The highest BCUT2D eigenvalue weighted by molar-refractivity contribution is 9.10. The molecule has 1 aliphatic rings. The van der Waals surface area contributed by atoms with E-state index >= 15 is 0 Å². The van der Waals surface area contributed by atoms with Crippen LogP contribution in [0.4, 0.5) is 0 Å². The minimum Gasteiger partial charge on any atom is -0.493 e. The second-order valence-corrected chi connectivity index (χ2v) is 4.65. The standard InChI is InChI=1S/C12H16BrNO3/c1-15-10-5-8(9(13)6-11(10)16-2)12-7-14-3-4-17-12/h5-6,12,14H,3-4,7H2,1-2H3. The highest BCUT2D eigenvalue weighted by Gasteiger charge is 2.20. The summed E-state index contributed by atoms with van der Waals surface area (Å²) < 4.78 is 17.3. The van der Waals surface area contributed by atoms with E-state index in [-0.39, 0.29) is 6.10 Å². The first-order valence-corrected chi connectivity index (χ1v) is 6.29. The van der Waals surface area contributed by atoms with Gasteiger partial charge in [0.2, 0.25) is 0 Å². The van der Waals surface area contributed by atoms with Crippen LogP contribution in [0.15, 0.2) is 16.6 Å². The van der Waals surface area contributed by atoms with Crippen LogP contribution in [0.5, 0.6) is 11.5 Å². The Labute approximate surface area is 109 Å². The molecule has 0 bridgehead atoms. The molecule has 0 aromatic heterocycles. The molecule has 1 aliphatic heterocycles. The zero-order valence-electron chi connectivity index (χ0n) is 9.96. The van der Waals surface area contributed by atoms with E-state index in [1.54, 1.807) is 14.2 Å². The fraction of sp³-hybridized carbons (Fsp3) is 0.500. The molecule has 0 amide bonds. The van der Waals surface area contributed by atoms with Gasteiger partial charge in [0, 0.05) is 23.1 Å². The summed E-state index contributed by atoms with van der Waals surface area (Å²) in [6, 6.07) is 3.87. The topological polar surface area (TPSA) is 39.7 Å². The van der Waals surface area contributed by atoms with E-state index < -0.39 is 0 Å². The van der Waals surface area contributed by atoms with Crippen molar-refractivity contribution in [2.45, 2.75) is 6.10 Å². The van der Waals surface area contributed by atoms with Crippen LogP contribution in [-0.4, -0.2) is 33.9 Å². The molecule has 1 saturated heterocycles. The number of halogens is 1. The molecule has 94 valence electrons. The maximum absolute atomic E-state index is 5.73. The van der Waals surface area contributed by atoms with Gasteiger partial charge >= 0.3 is 0 Å². The lowest BCUT2D eigenvalue weighted by Gasteiger charge is -2.25. The Morgan fingerprint density at radius 2 is 2.00 bits per heavy atom. The molecule has 5 heteroatoms. The molecular formula is C12H16BrNO3. The molecule has 1 aromatic rings. The Bertz CT molecular complexity index is 392. The molecule has 1 N–H and O–H groups in total. The van der Waals surface area contributed by atoms with Crippen molar-refractivity contribution in [3.8, 4) is 11.5 Å². The van der Waals surface area contributed by atoms with Crippen LogP contribution in [-0.2, 0) is 4.74 Å². The van der Waals surface area contributed by atoms with Crippen LogP contribution in [0, 0.1) is 0 Å². The van der Waals surface area contributed by atoms with Crippen LogP contribution in [0.25, 0.3) is 0 Å². The summed E-state index contributed by atoms with van der Waals surface area (Å²) in [4.78, 5) is 0. The van der Waals surface area contributed by atoms with Gasteiger partial charge in [-0.2, -0.15) is 0 Å². The molecule has 0 radical (unpaired) electrons. The minimum absolute atomic E-state index is 0.0536. The van der Waals surface area contributed by atoms with Gasteiger partial charge < -0.3 is 19.5 Å². The fourth-order valence-corrected chi connectivity index (χ4v) is 2.46. The third-order valence-corrected chi connectivity index (χ3v) is 3.46. The summed E-state index contributed by atoms with van der Waals surface area (Å²) >= 11 is 3.54. The van der Waals surface area contributed by atoms with Crippen molar-refractivity contribution in [2.24, 2.45) is 0 Å². The van der Waals surface area contributed by atoms with Crippen molar-refractivity contribution in [2.75, 3.05) is 33.9 Å². The quantitative estimate of drug-likeness (QED) is 0.928. The lowest BCUT2D eigenvalue weighted by molar-refractivity contribution is 0.0271. The van der Waals surface area contributed by atoms with E-state index in [0.29, 0.717) is 5.75 Å². The van der Waals surface area contributed by atoms with Crippen molar-refractivity contribution in [1.29, 1.82) is 0 Å². The highest BCUT2D eigenvalue weighted by atomic mass is 79.9. The third-order valence-electron chi connectivity index (χ3n) is 2.78. The lowest BCUT2D eigenvalue weighted by Crippen LogP contribution is -2.33. The maximum Gasteiger partial charge on any atom is 0.161 e. The number of methoxy groups -OCH3 is 2. The van der Waals surface area contributed by atoms with Crippen LogP contribution >= 0.6 is 15.9 Å². The van der Waals surface area contributed by atoms with E-state index in [1.807, 2.05) is 12.1 Å². The molecule has 17 heavy (non-hydrogen) atoms. The first-order chi connectivity index (χ1) is 8.26. The summed E-state index contributed by atoms with van der Waals surface area (Å²) in [5.74, 6) is 1.44. The summed E-state index contributed by atoms with van der Waals surface area (Å²) in [5.41, 5.74) is 1.08. The molecule has 0 saturated carbocycles. The molecule has 1 fully saturated rings. The van der Waals surface area contributed by atoms with Crippen LogP contribution in [0.1, 0.15) is 11.7 Å². The number of benzene rings is 1. The molecular weight excluding hydrogens is 286 g/mol. The zero-order valence-corrected chi connectivity index (χ0v) is 11.5. The summed E-state index contributed by atoms with van der Waals surface area (Å²) in [6.07, 6.45) is 0.0536. The molecule has 1 heterocycles. The molecule has 1 aromatic carbocycles. The first-order valence-electron chi connectivity index (χ1n) is 5.50. The Hall–Kier alpha value is -0.780. The maximum atomic E-state index is 5.73. The van der Waals surface area contributed by atoms with E-state index in [2.05, 4.69) is 21.2 Å². The van der Waals surface area contributed by atoms with Crippen molar-refractivity contribution < 1.29 is 14.2 Å². The summed E-state index contributed by atoms with van der Waals surface area (Å²) in [7, 11) is 3.26. The highest BCUT2D eigenvalue weighted by Crippen LogP contribution is 2.37. The number of ether oxygens (including phenoxy) is 3. The minimum atomic E-state index is 0.0536. The van der Waals surface area contributed by atoms with Gasteiger partial charge in [-0.25, -0.2) is 0 Å².